The predicted molar refractivity (Wildman–Crippen MR) is 99.1 cm³/mol. The molecule has 2 aromatic rings. The summed E-state index contributed by atoms with van der Waals surface area (Å²) >= 11 is 5.92. The van der Waals surface area contributed by atoms with Crippen LogP contribution in [-0.2, 0) is 4.79 Å². The first-order chi connectivity index (χ1) is 12.9. The van der Waals surface area contributed by atoms with Crippen molar-refractivity contribution in [3.8, 4) is 0 Å². The maximum Gasteiger partial charge on any atom is 0.255 e. The standard InChI is InChI=1S/C20H19ClF2N2O2/c1-12(13-6-8-14(21)9-7-13)11-25-18(19(26)24-10-17(22)23)15-4-2-3-5-16(15)20(25)27/h2-9,12,17-18H,10-11H2,1H3,(H,24,26). The molecular weight excluding hydrogens is 374 g/mol. The number of carbonyl (C=O) groups is 2. The third kappa shape index (κ3) is 4.11. The van der Waals surface area contributed by atoms with Gasteiger partial charge in [0.2, 0.25) is 5.91 Å². The summed E-state index contributed by atoms with van der Waals surface area (Å²) in [5.74, 6) is -0.938. The van der Waals surface area contributed by atoms with E-state index in [1.165, 1.54) is 4.90 Å². The Hall–Kier alpha value is -2.47. The number of hydrogen-bond acceptors (Lipinski definition) is 2. The average molecular weight is 393 g/mol. The minimum atomic E-state index is -2.65. The van der Waals surface area contributed by atoms with E-state index in [9.17, 15) is 18.4 Å². The summed E-state index contributed by atoms with van der Waals surface area (Å²) in [6.07, 6.45) is -2.65. The zero-order valence-electron chi connectivity index (χ0n) is 14.7. The van der Waals surface area contributed by atoms with Crippen LogP contribution < -0.4 is 5.32 Å². The maximum absolute atomic E-state index is 12.8. The minimum absolute atomic E-state index is 0.0640. The van der Waals surface area contributed by atoms with Gasteiger partial charge in [-0.05, 0) is 35.2 Å². The molecule has 3 rings (SSSR count). The number of nitrogens with zero attached hydrogens (tertiary/aromatic N) is 1. The van der Waals surface area contributed by atoms with Crippen LogP contribution in [0.1, 0.15) is 40.4 Å². The molecule has 0 radical (unpaired) electrons. The third-order valence-electron chi connectivity index (χ3n) is 4.65. The van der Waals surface area contributed by atoms with Crippen molar-refractivity contribution in [1.82, 2.24) is 10.2 Å². The van der Waals surface area contributed by atoms with E-state index in [4.69, 9.17) is 11.6 Å². The highest BCUT2D eigenvalue weighted by Gasteiger charge is 2.41. The average Bonchev–Trinajstić information content (AvgIpc) is 2.92. The lowest BCUT2D eigenvalue weighted by Gasteiger charge is -2.27. The zero-order chi connectivity index (χ0) is 19.6. The van der Waals surface area contributed by atoms with Gasteiger partial charge in [0, 0.05) is 17.1 Å². The number of hydrogen-bond donors (Lipinski definition) is 1. The molecule has 0 saturated heterocycles. The monoisotopic (exact) mass is 392 g/mol. The van der Waals surface area contributed by atoms with Gasteiger partial charge in [0.15, 0.2) is 0 Å². The number of alkyl halides is 2. The molecule has 1 aliphatic heterocycles. The fourth-order valence-corrected chi connectivity index (χ4v) is 3.43. The van der Waals surface area contributed by atoms with Crippen molar-refractivity contribution in [1.29, 1.82) is 0 Å². The van der Waals surface area contributed by atoms with E-state index in [0.29, 0.717) is 16.1 Å². The fourth-order valence-electron chi connectivity index (χ4n) is 3.31. The molecule has 1 N–H and O–H groups in total. The van der Waals surface area contributed by atoms with Crippen LogP contribution in [0.4, 0.5) is 8.78 Å². The summed E-state index contributed by atoms with van der Waals surface area (Å²) in [4.78, 5) is 26.9. The van der Waals surface area contributed by atoms with Gasteiger partial charge in [-0.15, -0.1) is 0 Å². The Bertz CT molecular complexity index is 842. The molecule has 2 amide bonds. The van der Waals surface area contributed by atoms with Gasteiger partial charge in [0.05, 0.1) is 6.54 Å². The van der Waals surface area contributed by atoms with Crippen LogP contribution >= 0.6 is 11.6 Å². The van der Waals surface area contributed by atoms with Crippen LogP contribution in [0.5, 0.6) is 0 Å². The van der Waals surface area contributed by atoms with Gasteiger partial charge in [-0.2, -0.15) is 0 Å². The number of halogens is 3. The Kier molecular flexibility index (Phi) is 5.75. The first-order valence-electron chi connectivity index (χ1n) is 8.59. The summed E-state index contributed by atoms with van der Waals surface area (Å²) in [5, 5.41) is 2.85. The summed E-state index contributed by atoms with van der Waals surface area (Å²) in [7, 11) is 0. The van der Waals surface area contributed by atoms with Gasteiger partial charge in [-0.25, -0.2) is 8.78 Å². The largest absolute Gasteiger partial charge is 0.348 e. The molecule has 0 aromatic heterocycles. The predicted octanol–water partition coefficient (Wildman–Crippen LogP) is 4.02. The van der Waals surface area contributed by atoms with Gasteiger partial charge in [-0.1, -0.05) is 48.9 Å². The molecule has 0 aliphatic carbocycles. The highest BCUT2D eigenvalue weighted by atomic mass is 35.5. The summed E-state index contributed by atoms with van der Waals surface area (Å²) in [6, 6.07) is 13.1. The maximum atomic E-state index is 12.8. The lowest BCUT2D eigenvalue weighted by atomic mass is 9.99. The van der Waals surface area contributed by atoms with Crippen molar-refractivity contribution in [2.24, 2.45) is 0 Å². The molecule has 4 nitrogen and oxygen atoms in total. The van der Waals surface area contributed by atoms with E-state index in [2.05, 4.69) is 5.32 Å². The molecule has 142 valence electrons. The second-order valence-corrected chi connectivity index (χ2v) is 6.97. The molecule has 2 atom stereocenters. The Morgan fingerprint density at radius 3 is 2.52 bits per heavy atom. The van der Waals surface area contributed by atoms with Gasteiger partial charge in [-0.3, -0.25) is 9.59 Å². The first kappa shape index (κ1) is 19.3. The van der Waals surface area contributed by atoms with Gasteiger partial charge in [0.1, 0.15) is 6.04 Å². The van der Waals surface area contributed by atoms with Crippen LogP contribution in [0.2, 0.25) is 5.02 Å². The Balaban J connectivity index is 1.86. The summed E-state index contributed by atoms with van der Waals surface area (Å²) < 4.78 is 25.0. The van der Waals surface area contributed by atoms with Crippen molar-refractivity contribution in [2.75, 3.05) is 13.1 Å². The van der Waals surface area contributed by atoms with E-state index in [1.807, 2.05) is 19.1 Å². The number of carbonyl (C=O) groups excluding carboxylic acids is 2. The van der Waals surface area contributed by atoms with Crippen molar-refractivity contribution in [3.63, 3.8) is 0 Å². The molecule has 2 unspecified atom stereocenters. The van der Waals surface area contributed by atoms with Gasteiger partial charge in [0.25, 0.3) is 12.3 Å². The molecule has 0 bridgehead atoms. The zero-order valence-corrected chi connectivity index (χ0v) is 15.4. The molecule has 0 spiro atoms. The molecule has 2 aromatic carbocycles. The first-order valence-corrected chi connectivity index (χ1v) is 8.97. The normalized spacial score (nSPS) is 17.1. The Morgan fingerprint density at radius 2 is 1.85 bits per heavy atom. The smallest absolute Gasteiger partial charge is 0.255 e. The molecule has 7 heteroatoms. The van der Waals surface area contributed by atoms with Crippen molar-refractivity contribution in [2.45, 2.75) is 25.3 Å². The van der Waals surface area contributed by atoms with Crippen LogP contribution in [-0.4, -0.2) is 36.2 Å². The second-order valence-electron chi connectivity index (χ2n) is 6.54. The van der Waals surface area contributed by atoms with Crippen LogP contribution in [0.3, 0.4) is 0 Å². The lowest BCUT2D eigenvalue weighted by Crippen LogP contribution is -2.42. The highest BCUT2D eigenvalue weighted by Crippen LogP contribution is 2.35. The van der Waals surface area contributed by atoms with Crippen LogP contribution in [0, 0.1) is 0 Å². The molecule has 27 heavy (non-hydrogen) atoms. The number of nitrogens with one attached hydrogen (secondary N) is 1. The SMILES string of the molecule is CC(CN1C(=O)c2ccccc2C1C(=O)NCC(F)F)c1ccc(Cl)cc1. The molecule has 0 fully saturated rings. The number of rotatable bonds is 6. The number of amides is 2. The topological polar surface area (TPSA) is 49.4 Å². The second kappa shape index (κ2) is 8.05. The highest BCUT2D eigenvalue weighted by molar-refractivity contribution is 6.30. The van der Waals surface area contributed by atoms with Gasteiger partial charge >= 0.3 is 0 Å². The summed E-state index contributed by atoms with van der Waals surface area (Å²) in [6.45, 7) is 1.47. The number of benzene rings is 2. The minimum Gasteiger partial charge on any atom is -0.348 e. The lowest BCUT2D eigenvalue weighted by molar-refractivity contribution is -0.126. The molecule has 1 aliphatic rings. The van der Waals surface area contributed by atoms with E-state index >= 15 is 0 Å². The van der Waals surface area contributed by atoms with Gasteiger partial charge < -0.3 is 10.2 Å². The van der Waals surface area contributed by atoms with Crippen LogP contribution in [0.25, 0.3) is 0 Å². The van der Waals surface area contributed by atoms with Crippen molar-refractivity contribution >= 4 is 23.4 Å². The Labute approximate surface area is 161 Å². The fraction of sp³-hybridized carbons (Fsp3) is 0.300. The molecule has 1 heterocycles. The van der Waals surface area contributed by atoms with E-state index in [-0.39, 0.29) is 18.4 Å². The Morgan fingerprint density at radius 1 is 1.19 bits per heavy atom. The third-order valence-corrected chi connectivity index (χ3v) is 4.90. The van der Waals surface area contributed by atoms with E-state index in [0.717, 1.165) is 5.56 Å². The number of fused-ring (bicyclic) bond motifs is 1. The van der Waals surface area contributed by atoms with Crippen LogP contribution in [0.15, 0.2) is 48.5 Å². The quantitative estimate of drug-likeness (QED) is 0.807. The van der Waals surface area contributed by atoms with E-state index < -0.39 is 24.9 Å². The molecule has 0 saturated carbocycles. The van der Waals surface area contributed by atoms with Crippen molar-refractivity contribution in [3.05, 3.63) is 70.2 Å². The summed E-state index contributed by atoms with van der Waals surface area (Å²) in [5.41, 5.74) is 1.94. The molecular formula is C20H19ClF2N2O2. The van der Waals surface area contributed by atoms with E-state index in [1.54, 1.807) is 36.4 Å². The van der Waals surface area contributed by atoms with Crippen molar-refractivity contribution < 1.29 is 18.4 Å².